The molecule has 1 aliphatic carbocycles. The highest BCUT2D eigenvalue weighted by Gasteiger charge is 2.48. The Morgan fingerprint density at radius 2 is 1.79 bits per heavy atom. The Bertz CT molecular complexity index is 1410. The fourth-order valence-electron chi connectivity index (χ4n) is 6.81. The van der Waals surface area contributed by atoms with E-state index < -0.39 is 0 Å². The number of hydrogen-bond acceptors (Lipinski definition) is 11. The first-order chi connectivity index (χ1) is 20.4. The van der Waals surface area contributed by atoms with E-state index in [0.717, 1.165) is 87.1 Å². The number of nitrogens with zero attached hydrogens (tertiary/aromatic N) is 6. The molecule has 3 aliphatic heterocycles. The molecule has 10 nitrogen and oxygen atoms in total. The second kappa shape index (κ2) is 11.5. The number of pyridine rings is 1. The number of piperidine rings is 1. The third kappa shape index (κ3) is 5.45. The maximum absolute atomic E-state index is 6.81. The molecule has 7 rings (SSSR count). The van der Waals surface area contributed by atoms with Crippen molar-refractivity contribution in [2.75, 3.05) is 43.1 Å². The van der Waals surface area contributed by atoms with E-state index in [1.807, 2.05) is 24.5 Å². The standard InChI is InChI=1S/C30H37ClN8O2S/c1-19-26(32)30(18-41-19)6-2-20(3-7-30)21-14-36-24(15-35-21)42-22-4-10-33-27(25(22)31)37-23-5-11-34-28(38-23)39-12-8-29(9-13-39)16-40-17-29/h4-5,10-11,14-15,19-20,26H,2-3,6-9,12-13,16-18,32H2,1H3,(H,33,34,37,38)/t19-,20?,26+,30?/m0/s1. The van der Waals surface area contributed by atoms with Crippen molar-refractivity contribution in [3.05, 3.63) is 47.6 Å². The highest BCUT2D eigenvalue weighted by Crippen LogP contribution is 2.48. The van der Waals surface area contributed by atoms with Crippen LogP contribution in [-0.4, -0.2) is 70.0 Å². The van der Waals surface area contributed by atoms with E-state index >= 15 is 0 Å². The summed E-state index contributed by atoms with van der Waals surface area (Å²) in [5.74, 6) is 2.32. The summed E-state index contributed by atoms with van der Waals surface area (Å²) in [6, 6.07) is 3.84. The number of anilines is 3. The summed E-state index contributed by atoms with van der Waals surface area (Å²) in [6.45, 7) is 6.49. The molecule has 2 spiro atoms. The molecule has 42 heavy (non-hydrogen) atoms. The molecular formula is C30H37ClN8O2S. The summed E-state index contributed by atoms with van der Waals surface area (Å²) in [7, 11) is 0. The molecule has 0 amide bonds. The van der Waals surface area contributed by atoms with Gasteiger partial charge in [0.05, 0.1) is 49.0 Å². The predicted molar refractivity (Wildman–Crippen MR) is 162 cm³/mol. The van der Waals surface area contributed by atoms with E-state index in [4.69, 9.17) is 41.8 Å². The van der Waals surface area contributed by atoms with Crippen LogP contribution in [0.3, 0.4) is 0 Å². The van der Waals surface area contributed by atoms with Crippen LogP contribution in [-0.2, 0) is 9.47 Å². The highest BCUT2D eigenvalue weighted by molar-refractivity contribution is 7.99. The Morgan fingerprint density at radius 3 is 2.45 bits per heavy atom. The third-order valence-electron chi connectivity index (χ3n) is 9.78. The third-order valence-corrected chi connectivity index (χ3v) is 11.3. The van der Waals surface area contributed by atoms with Gasteiger partial charge in [0.1, 0.15) is 10.8 Å². The number of rotatable bonds is 6. The van der Waals surface area contributed by atoms with Crippen molar-refractivity contribution < 1.29 is 9.47 Å². The van der Waals surface area contributed by atoms with Gasteiger partial charge in [0.2, 0.25) is 5.95 Å². The molecule has 222 valence electrons. The van der Waals surface area contributed by atoms with Crippen LogP contribution < -0.4 is 16.0 Å². The minimum absolute atomic E-state index is 0.120. The predicted octanol–water partition coefficient (Wildman–Crippen LogP) is 5.22. The first-order valence-electron chi connectivity index (χ1n) is 14.9. The monoisotopic (exact) mass is 608 g/mol. The number of aromatic nitrogens is 5. The van der Waals surface area contributed by atoms with Gasteiger partial charge in [-0.1, -0.05) is 23.4 Å². The molecule has 0 bridgehead atoms. The second-order valence-electron chi connectivity index (χ2n) is 12.4. The topological polar surface area (TPSA) is 124 Å². The molecule has 3 aromatic heterocycles. The molecule has 1 saturated carbocycles. The van der Waals surface area contributed by atoms with Crippen molar-refractivity contribution in [2.24, 2.45) is 16.6 Å². The van der Waals surface area contributed by atoms with E-state index in [9.17, 15) is 0 Å². The average molecular weight is 609 g/mol. The smallest absolute Gasteiger partial charge is 0.227 e. The zero-order chi connectivity index (χ0) is 28.7. The summed E-state index contributed by atoms with van der Waals surface area (Å²) in [5, 5.41) is 4.59. The van der Waals surface area contributed by atoms with Crippen LogP contribution in [0.2, 0.25) is 5.02 Å². The largest absolute Gasteiger partial charge is 0.380 e. The Kier molecular flexibility index (Phi) is 7.72. The summed E-state index contributed by atoms with van der Waals surface area (Å²) in [6.07, 6.45) is 13.9. The zero-order valence-corrected chi connectivity index (χ0v) is 25.4. The van der Waals surface area contributed by atoms with Gasteiger partial charge in [0.15, 0.2) is 5.82 Å². The van der Waals surface area contributed by atoms with Crippen molar-refractivity contribution in [1.82, 2.24) is 24.9 Å². The first kappa shape index (κ1) is 28.2. The lowest BCUT2D eigenvalue weighted by molar-refractivity contribution is -0.124. The van der Waals surface area contributed by atoms with Crippen LogP contribution >= 0.6 is 23.4 Å². The molecule has 12 heteroatoms. The van der Waals surface area contributed by atoms with Gasteiger partial charge >= 0.3 is 0 Å². The summed E-state index contributed by atoms with van der Waals surface area (Å²) in [4.78, 5) is 26.3. The van der Waals surface area contributed by atoms with E-state index in [-0.39, 0.29) is 17.6 Å². The maximum atomic E-state index is 6.81. The fourth-order valence-corrected chi connectivity index (χ4v) is 7.83. The molecule has 2 atom stereocenters. The zero-order valence-electron chi connectivity index (χ0n) is 23.8. The Hall–Kier alpha value is -2.57. The van der Waals surface area contributed by atoms with Gasteiger partial charge < -0.3 is 25.4 Å². The minimum Gasteiger partial charge on any atom is -0.380 e. The maximum Gasteiger partial charge on any atom is 0.227 e. The Morgan fingerprint density at radius 1 is 1.00 bits per heavy atom. The quantitative estimate of drug-likeness (QED) is 0.383. The van der Waals surface area contributed by atoms with Gasteiger partial charge in [-0.3, -0.25) is 4.98 Å². The fraction of sp³-hybridized carbons (Fsp3) is 0.567. The van der Waals surface area contributed by atoms with E-state index in [2.05, 4.69) is 27.1 Å². The van der Waals surface area contributed by atoms with Crippen molar-refractivity contribution in [2.45, 2.75) is 73.4 Å². The summed E-state index contributed by atoms with van der Waals surface area (Å²) >= 11 is 8.28. The summed E-state index contributed by atoms with van der Waals surface area (Å²) < 4.78 is 11.3. The SMILES string of the molecule is C[C@@H]1OCC2(CCC(c3cnc(Sc4ccnc(Nc5ccnc(N6CCC7(CC6)COC7)n5)c4Cl)cn3)CC2)[C@@H]1N. The van der Waals surface area contributed by atoms with Crippen molar-refractivity contribution in [3.63, 3.8) is 0 Å². The van der Waals surface area contributed by atoms with Crippen LogP contribution in [0, 0.1) is 10.8 Å². The van der Waals surface area contributed by atoms with E-state index in [0.29, 0.717) is 33.9 Å². The van der Waals surface area contributed by atoms with Crippen LogP contribution in [0.25, 0.3) is 0 Å². The number of ether oxygens (including phenoxy) is 2. The molecule has 4 aliphatic rings. The molecular weight excluding hydrogens is 572 g/mol. The van der Waals surface area contributed by atoms with E-state index in [1.54, 1.807) is 12.4 Å². The molecule has 3 saturated heterocycles. The number of halogens is 1. The van der Waals surface area contributed by atoms with Crippen molar-refractivity contribution >= 4 is 40.9 Å². The van der Waals surface area contributed by atoms with Gasteiger partial charge in [-0.15, -0.1) is 0 Å². The molecule has 0 radical (unpaired) electrons. The molecule has 6 heterocycles. The van der Waals surface area contributed by atoms with Gasteiger partial charge in [-0.05, 0) is 57.6 Å². The lowest BCUT2D eigenvalue weighted by Crippen LogP contribution is -2.51. The van der Waals surface area contributed by atoms with Crippen molar-refractivity contribution in [1.29, 1.82) is 0 Å². The number of nitrogens with one attached hydrogen (secondary N) is 1. The van der Waals surface area contributed by atoms with Crippen LogP contribution in [0.1, 0.15) is 57.1 Å². The Balaban J connectivity index is 0.978. The van der Waals surface area contributed by atoms with Gasteiger partial charge in [0.25, 0.3) is 0 Å². The number of nitrogens with two attached hydrogens (primary N) is 1. The van der Waals surface area contributed by atoms with Gasteiger partial charge in [-0.2, -0.15) is 4.98 Å². The van der Waals surface area contributed by atoms with Gasteiger partial charge in [-0.25, -0.2) is 15.0 Å². The van der Waals surface area contributed by atoms with Crippen LogP contribution in [0.4, 0.5) is 17.6 Å². The first-order valence-corrected chi connectivity index (χ1v) is 16.1. The van der Waals surface area contributed by atoms with Crippen LogP contribution in [0.5, 0.6) is 0 Å². The molecule has 3 N–H and O–H groups in total. The normalized spacial score (nSPS) is 28.6. The van der Waals surface area contributed by atoms with Crippen LogP contribution in [0.15, 0.2) is 46.8 Å². The minimum atomic E-state index is 0.120. The number of hydrogen-bond donors (Lipinski definition) is 2. The lowest BCUT2D eigenvalue weighted by Gasteiger charge is -2.47. The lowest BCUT2D eigenvalue weighted by atomic mass is 9.66. The van der Waals surface area contributed by atoms with Gasteiger partial charge in [0, 0.05) is 53.2 Å². The van der Waals surface area contributed by atoms with Crippen molar-refractivity contribution in [3.8, 4) is 0 Å². The second-order valence-corrected chi connectivity index (χ2v) is 13.8. The molecule has 0 aromatic carbocycles. The average Bonchev–Trinajstić information content (AvgIpc) is 3.28. The molecule has 4 fully saturated rings. The van der Waals surface area contributed by atoms with E-state index in [1.165, 1.54) is 11.8 Å². The molecule has 3 aromatic rings. The molecule has 0 unspecified atom stereocenters. The Labute approximate surface area is 255 Å². The summed E-state index contributed by atoms with van der Waals surface area (Å²) in [5.41, 5.74) is 8.03. The highest BCUT2D eigenvalue weighted by atomic mass is 35.5.